The molecule has 0 aliphatic rings. The third kappa shape index (κ3) is 4.72. The molecule has 0 bridgehead atoms. The Bertz CT molecular complexity index is 1410. The lowest BCUT2D eigenvalue weighted by Crippen LogP contribution is -2.22. The maximum absolute atomic E-state index is 12.5. The van der Waals surface area contributed by atoms with Gasteiger partial charge in [-0.15, -0.1) is 10.2 Å². The number of imidazole rings is 1. The lowest BCUT2D eigenvalue weighted by molar-refractivity contribution is 0.521. The normalized spacial score (nSPS) is 12.2. The first kappa shape index (κ1) is 24.7. The summed E-state index contributed by atoms with van der Waals surface area (Å²) in [6, 6.07) is 12.7. The molecule has 0 N–H and O–H groups in total. The molecule has 2 aromatic carbocycles. The molecule has 0 spiro atoms. The number of thioether (sulfide) groups is 1. The van der Waals surface area contributed by atoms with Crippen LogP contribution in [0.25, 0.3) is 22.4 Å². The van der Waals surface area contributed by atoms with Crippen LogP contribution in [-0.4, -0.2) is 51.1 Å². The minimum Gasteiger partial charge on any atom is -0.328 e. The summed E-state index contributed by atoms with van der Waals surface area (Å²) in [6.07, 6.45) is 0.947. The average molecular weight is 519 g/mol. The van der Waals surface area contributed by atoms with Gasteiger partial charge in [0.1, 0.15) is 5.82 Å². The summed E-state index contributed by atoms with van der Waals surface area (Å²) in [7, 11) is -0.474. The van der Waals surface area contributed by atoms with E-state index >= 15 is 0 Å². The fourth-order valence-corrected chi connectivity index (χ4v) is 5.71. The number of nitrogens with zero attached hydrogens (tertiary/aromatic N) is 6. The number of halogens is 1. The Morgan fingerprint density at radius 2 is 1.76 bits per heavy atom. The Labute approximate surface area is 209 Å². The smallest absolute Gasteiger partial charge is 0.242 e. The molecular formula is C23H27ClN6O2S2. The van der Waals surface area contributed by atoms with Crippen molar-refractivity contribution in [2.24, 2.45) is 0 Å². The van der Waals surface area contributed by atoms with Gasteiger partial charge in [0.15, 0.2) is 11.0 Å². The van der Waals surface area contributed by atoms with Gasteiger partial charge in [0, 0.05) is 37.8 Å². The number of hydrogen-bond acceptors (Lipinski definition) is 6. The van der Waals surface area contributed by atoms with Gasteiger partial charge >= 0.3 is 0 Å². The van der Waals surface area contributed by atoms with Gasteiger partial charge in [-0.3, -0.25) is 0 Å². The van der Waals surface area contributed by atoms with E-state index in [0.29, 0.717) is 16.3 Å². The van der Waals surface area contributed by atoms with Gasteiger partial charge in [0.25, 0.3) is 0 Å². The topological polar surface area (TPSA) is 85.9 Å². The molecule has 0 atom stereocenters. The van der Waals surface area contributed by atoms with Crippen molar-refractivity contribution in [3.8, 4) is 11.4 Å². The maximum atomic E-state index is 12.5. The largest absolute Gasteiger partial charge is 0.328 e. The Balaban J connectivity index is 1.65. The van der Waals surface area contributed by atoms with Crippen LogP contribution in [0.5, 0.6) is 0 Å². The van der Waals surface area contributed by atoms with E-state index in [1.807, 2.05) is 30.3 Å². The molecule has 4 rings (SSSR count). The van der Waals surface area contributed by atoms with E-state index in [-0.39, 0.29) is 4.90 Å². The number of aryl methyl sites for hydroxylation is 1. The molecule has 11 heteroatoms. The predicted octanol–water partition coefficient (Wildman–Crippen LogP) is 4.92. The molecule has 0 amide bonds. The van der Waals surface area contributed by atoms with E-state index in [9.17, 15) is 8.42 Å². The molecule has 0 aliphatic carbocycles. The molecule has 0 unspecified atom stereocenters. The molecule has 0 saturated carbocycles. The zero-order chi connectivity index (χ0) is 24.5. The van der Waals surface area contributed by atoms with Crippen LogP contribution in [0.4, 0.5) is 0 Å². The second-order valence-corrected chi connectivity index (χ2v) is 11.5. The van der Waals surface area contributed by atoms with Crippen molar-refractivity contribution in [1.29, 1.82) is 0 Å². The van der Waals surface area contributed by atoms with Crippen LogP contribution in [0.15, 0.2) is 52.5 Å². The molecule has 34 heavy (non-hydrogen) atoms. The number of hydrogen-bond donors (Lipinski definition) is 0. The lowest BCUT2D eigenvalue weighted by atomic mass is 10.2. The van der Waals surface area contributed by atoms with Crippen molar-refractivity contribution < 1.29 is 8.42 Å². The van der Waals surface area contributed by atoms with Crippen molar-refractivity contribution in [1.82, 2.24) is 28.6 Å². The van der Waals surface area contributed by atoms with Gasteiger partial charge in [-0.25, -0.2) is 17.7 Å². The number of rotatable bonds is 9. The summed E-state index contributed by atoms with van der Waals surface area (Å²) in [5.41, 5.74) is 2.54. The van der Waals surface area contributed by atoms with Crippen LogP contribution < -0.4 is 0 Å². The minimum absolute atomic E-state index is 0.236. The quantitative estimate of drug-likeness (QED) is 0.292. The van der Waals surface area contributed by atoms with Crippen molar-refractivity contribution in [3.05, 3.63) is 53.3 Å². The second kappa shape index (κ2) is 10.1. The van der Waals surface area contributed by atoms with Gasteiger partial charge in [0.05, 0.1) is 21.7 Å². The summed E-state index contributed by atoms with van der Waals surface area (Å²) in [6.45, 7) is 5.70. The Morgan fingerprint density at radius 3 is 2.41 bits per heavy atom. The van der Waals surface area contributed by atoms with Crippen LogP contribution in [0.3, 0.4) is 0 Å². The first-order chi connectivity index (χ1) is 16.3. The van der Waals surface area contributed by atoms with Gasteiger partial charge in [-0.2, -0.15) is 0 Å². The molecule has 2 heterocycles. The van der Waals surface area contributed by atoms with Crippen molar-refractivity contribution in [2.45, 2.75) is 49.2 Å². The van der Waals surface area contributed by atoms with E-state index in [1.54, 1.807) is 23.9 Å². The summed E-state index contributed by atoms with van der Waals surface area (Å²) in [5, 5.41) is 10.4. The zero-order valence-electron chi connectivity index (χ0n) is 19.6. The van der Waals surface area contributed by atoms with Gasteiger partial charge < -0.3 is 9.13 Å². The second-order valence-electron chi connectivity index (χ2n) is 7.96. The van der Waals surface area contributed by atoms with E-state index < -0.39 is 10.0 Å². The Morgan fingerprint density at radius 1 is 1.03 bits per heavy atom. The van der Waals surface area contributed by atoms with E-state index in [0.717, 1.165) is 47.4 Å². The first-order valence-corrected chi connectivity index (χ1v) is 13.8. The number of sulfonamides is 1. The van der Waals surface area contributed by atoms with Crippen LogP contribution in [0, 0.1) is 0 Å². The zero-order valence-corrected chi connectivity index (χ0v) is 22.0. The summed E-state index contributed by atoms with van der Waals surface area (Å²) in [4.78, 5) is 5.01. The van der Waals surface area contributed by atoms with Gasteiger partial charge in [-0.1, -0.05) is 30.3 Å². The molecule has 8 nitrogen and oxygen atoms in total. The van der Waals surface area contributed by atoms with E-state index in [2.05, 4.69) is 33.2 Å². The van der Waals surface area contributed by atoms with Crippen LogP contribution >= 0.6 is 23.4 Å². The minimum atomic E-state index is -3.52. The van der Waals surface area contributed by atoms with Crippen LogP contribution in [0.1, 0.15) is 26.1 Å². The maximum Gasteiger partial charge on any atom is 0.242 e. The summed E-state index contributed by atoms with van der Waals surface area (Å²) >= 11 is 7.61. The highest BCUT2D eigenvalue weighted by Gasteiger charge is 2.20. The van der Waals surface area contributed by atoms with E-state index in [1.165, 1.54) is 18.4 Å². The molecular weight excluding hydrogens is 492 g/mol. The van der Waals surface area contributed by atoms with Crippen LogP contribution in [0.2, 0.25) is 5.02 Å². The third-order valence-electron chi connectivity index (χ3n) is 5.49. The standard InChI is InChI=1S/C23H27ClN6O2S2/c1-5-13-30-22(16-7-9-17(24)10-8-16)26-27-23(30)33-15-21-25-19-14-18(34(31,32)28(3)4)11-12-20(19)29(21)6-2/h7-12,14H,5-6,13,15H2,1-4H3. The third-order valence-corrected chi connectivity index (χ3v) is 8.52. The monoisotopic (exact) mass is 518 g/mol. The lowest BCUT2D eigenvalue weighted by Gasteiger charge is -2.11. The molecule has 4 aromatic rings. The van der Waals surface area contributed by atoms with Crippen molar-refractivity contribution in [2.75, 3.05) is 14.1 Å². The van der Waals surface area contributed by atoms with Crippen LogP contribution in [-0.2, 0) is 28.9 Å². The molecule has 180 valence electrons. The molecule has 2 aromatic heterocycles. The number of fused-ring (bicyclic) bond motifs is 1. The SMILES string of the molecule is CCCn1c(SCc2nc3cc(S(=O)(=O)N(C)C)ccc3n2CC)nnc1-c1ccc(Cl)cc1. The van der Waals surface area contributed by atoms with Gasteiger partial charge in [-0.05, 0) is 55.8 Å². The van der Waals surface area contributed by atoms with Gasteiger partial charge in [0.2, 0.25) is 10.0 Å². The van der Waals surface area contributed by atoms with Crippen molar-refractivity contribution >= 4 is 44.4 Å². The average Bonchev–Trinajstić information content (AvgIpc) is 3.38. The summed E-state index contributed by atoms with van der Waals surface area (Å²) < 4.78 is 30.5. The molecule has 0 aliphatic heterocycles. The fourth-order valence-electron chi connectivity index (χ4n) is 3.76. The number of aromatic nitrogens is 5. The Hall–Kier alpha value is -2.40. The Kier molecular flexibility index (Phi) is 7.32. The highest BCUT2D eigenvalue weighted by Crippen LogP contribution is 2.29. The molecule has 0 saturated heterocycles. The van der Waals surface area contributed by atoms with Crippen molar-refractivity contribution in [3.63, 3.8) is 0 Å². The highest BCUT2D eigenvalue weighted by molar-refractivity contribution is 7.98. The fraction of sp³-hybridized carbons (Fsp3) is 0.348. The summed E-state index contributed by atoms with van der Waals surface area (Å²) in [5.74, 6) is 2.25. The predicted molar refractivity (Wildman–Crippen MR) is 137 cm³/mol. The highest BCUT2D eigenvalue weighted by atomic mass is 35.5. The van der Waals surface area contributed by atoms with E-state index in [4.69, 9.17) is 16.6 Å². The molecule has 0 fully saturated rings. The number of benzene rings is 2. The molecule has 0 radical (unpaired) electrons. The first-order valence-electron chi connectivity index (χ1n) is 11.0.